The third-order valence-electron chi connectivity index (χ3n) is 3.42. The fourth-order valence-corrected chi connectivity index (χ4v) is 2.14. The number of para-hydroxylation sites is 2. The van der Waals surface area contributed by atoms with E-state index in [9.17, 15) is 19.7 Å². The molecule has 0 aromatic heterocycles. The Morgan fingerprint density at radius 3 is 2.63 bits per heavy atom. The maximum atomic E-state index is 12.0. The van der Waals surface area contributed by atoms with Gasteiger partial charge in [0, 0.05) is 17.2 Å². The molecule has 9 heteroatoms. The summed E-state index contributed by atoms with van der Waals surface area (Å²) in [4.78, 5) is 33.6. The van der Waals surface area contributed by atoms with Crippen LogP contribution in [0.25, 0.3) is 0 Å². The van der Waals surface area contributed by atoms with Gasteiger partial charge in [0.05, 0.1) is 24.7 Å². The van der Waals surface area contributed by atoms with Gasteiger partial charge in [-0.3, -0.25) is 14.9 Å². The van der Waals surface area contributed by atoms with Gasteiger partial charge < -0.3 is 9.47 Å². The summed E-state index contributed by atoms with van der Waals surface area (Å²) in [6.07, 6.45) is 1.17. The van der Waals surface area contributed by atoms with Crippen LogP contribution in [0.2, 0.25) is 0 Å². The van der Waals surface area contributed by atoms with E-state index in [1.807, 2.05) is 0 Å². The van der Waals surface area contributed by atoms with Crippen LogP contribution < -0.4 is 10.2 Å². The molecule has 0 saturated heterocycles. The van der Waals surface area contributed by atoms with E-state index in [0.29, 0.717) is 11.3 Å². The van der Waals surface area contributed by atoms with Crippen molar-refractivity contribution in [2.45, 2.75) is 6.42 Å². The van der Waals surface area contributed by atoms with Crippen LogP contribution in [0.1, 0.15) is 11.1 Å². The second kappa shape index (κ2) is 9.66. The first-order chi connectivity index (χ1) is 13.0. The zero-order valence-corrected chi connectivity index (χ0v) is 14.5. The van der Waals surface area contributed by atoms with Gasteiger partial charge in [-0.15, -0.1) is 0 Å². The van der Waals surface area contributed by atoms with Gasteiger partial charge in [-0.25, -0.2) is 10.2 Å². The van der Waals surface area contributed by atoms with Crippen molar-refractivity contribution in [3.63, 3.8) is 0 Å². The Bertz CT molecular complexity index is 866. The quantitative estimate of drug-likeness (QED) is 0.327. The molecule has 0 aliphatic rings. The first-order valence-electron chi connectivity index (χ1n) is 7.84. The summed E-state index contributed by atoms with van der Waals surface area (Å²) >= 11 is 0. The molecule has 0 aliphatic carbocycles. The van der Waals surface area contributed by atoms with Gasteiger partial charge in [0.25, 0.3) is 5.69 Å². The number of nitro benzene ring substituents is 1. The van der Waals surface area contributed by atoms with Crippen LogP contribution in [0.3, 0.4) is 0 Å². The number of nitrogens with zero attached hydrogens (tertiary/aromatic N) is 2. The van der Waals surface area contributed by atoms with Crippen molar-refractivity contribution >= 4 is 23.8 Å². The van der Waals surface area contributed by atoms with E-state index in [-0.39, 0.29) is 24.3 Å². The molecule has 0 fully saturated rings. The van der Waals surface area contributed by atoms with Crippen LogP contribution >= 0.6 is 0 Å². The molecule has 0 aliphatic heterocycles. The number of rotatable bonds is 8. The second-order valence-electron chi connectivity index (χ2n) is 5.26. The molecular weight excluding hydrogens is 354 g/mol. The van der Waals surface area contributed by atoms with Crippen molar-refractivity contribution in [1.29, 1.82) is 0 Å². The van der Waals surface area contributed by atoms with E-state index in [1.165, 1.54) is 31.5 Å². The van der Waals surface area contributed by atoms with Crippen molar-refractivity contribution in [2.75, 3.05) is 13.7 Å². The molecule has 1 N–H and O–H groups in total. The van der Waals surface area contributed by atoms with Gasteiger partial charge in [0.1, 0.15) is 5.75 Å². The molecule has 9 nitrogen and oxygen atoms in total. The minimum absolute atomic E-state index is 0.127. The Balaban J connectivity index is 1.98. The maximum Gasteiger partial charge on any atom is 0.343 e. The molecule has 27 heavy (non-hydrogen) atoms. The zero-order chi connectivity index (χ0) is 19.6. The largest absolute Gasteiger partial charge is 0.481 e. The normalized spacial score (nSPS) is 10.4. The van der Waals surface area contributed by atoms with E-state index in [0.717, 1.165) is 0 Å². The van der Waals surface area contributed by atoms with Gasteiger partial charge in [-0.05, 0) is 12.1 Å². The number of ether oxygens (including phenoxy) is 2. The monoisotopic (exact) mass is 371 g/mol. The topological polar surface area (TPSA) is 120 Å². The van der Waals surface area contributed by atoms with Gasteiger partial charge in [0.2, 0.25) is 5.91 Å². The minimum atomic E-state index is -0.541. The molecule has 1 amide bonds. The van der Waals surface area contributed by atoms with Crippen LogP contribution in [-0.4, -0.2) is 36.7 Å². The van der Waals surface area contributed by atoms with Crippen molar-refractivity contribution in [3.8, 4) is 5.75 Å². The molecule has 0 atom stereocenters. The number of carbonyl (C=O) groups is 2. The molecule has 0 heterocycles. The molecule has 0 radical (unpaired) electrons. The number of hydrogen-bond acceptors (Lipinski definition) is 7. The smallest absolute Gasteiger partial charge is 0.343 e. The van der Waals surface area contributed by atoms with Crippen LogP contribution in [0, 0.1) is 10.1 Å². The number of amides is 1. The van der Waals surface area contributed by atoms with Crippen molar-refractivity contribution in [1.82, 2.24) is 5.43 Å². The van der Waals surface area contributed by atoms with E-state index in [1.54, 1.807) is 30.3 Å². The number of hydrazone groups is 1. The number of nitrogens with one attached hydrogen (secondary N) is 1. The minimum Gasteiger partial charge on any atom is -0.481 e. The van der Waals surface area contributed by atoms with Crippen LogP contribution in [0.5, 0.6) is 5.75 Å². The first-order valence-corrected chi connectivity index (χ1v) is 7.84. The summed E-state index contributed by atoms with van der Waals surface area (Å²) in [5.74, 6) is -0.646. The lowest BCUT2D eigenvalue weighted by atomic mass is 10.1. The zero-order valence-electron chi connectivity index (χ0n) is 14.5. The van der Waals surface area contributed by atoms with E-state index >= 15 is 0 Å². The first kappa shape index (κ1) is 19.6. The Kier molecular flexibility index (Phi) is 7.00. The number of nitro groups is 1. The Labute approximate surface area is 154 Å². The predicted octanol–water partition coefficient (Wildman–Crippen LogP) is 1.84. The summed E-state index contributed by atoms with van der Waals surface area (Å²) in [6.45, 7) is -0.259. The molecule has 2 rings (SSSR count). The standard InChI is InChI=1S/C18H17N3O6/c1-26-18(23)12-27-16-9-5-3-7-14(16)11-19-20-17(22)10-13-6-2-4-8-15(13)21(24)25/h2-9,11H,10,12H2,1H3,(H,20,22)/b19-11+. The van der Waals surface area contributed by atoms with Crippen LogP contribution in [0.4, 0.5) is 5.69 Å². The average Bonchev–Trinajstić information content (AvgIpc) is 2.67. The van der Waals surface area contributed by atoms with Crippen molar-refractivity contribution in [2.24, 2.45) is 5.10 Å². The molecule has 0 unspecified atom stereocenters. The average molecular weight is 371 g/mol. The third kappa shape index (κ3) is 5.92. The summed E-state index contributed by atoms with van der Waals surface area (Å²) in [5.41, 5.74) is 3.01. The molecule has 0 saturated carbocycles. The van der Waals surface area contributed by atoms with E-state index in [2.05, 4.69) is 15.3 Å². The van der Waals surface area contributed by atoms with Gasteiger partial charge in [0.15, 0.2) is 6.61 Å². The molecule has 2 aromatic rings. The van der Waals surface area contributed by atoms with Crippen LogP contribution in [-0.2, 0) is 20.7 Å². The molecule has 0 bridgehead atoms. The number of esters is 1. The highest BCUT2D eigenvalue weighted by Gasteiger charge is 2.15. The van der Waals surface area contributed by atoms with Gasteiger partial charge >= 0.3 is 5.97 Å². The molecular formula is C18H17N3O6. The van der Waals surface area contributed by atoms with E-state index in [4.69, 9.17) is 4.74 Å². The number of carbonyl (C=O) groups excluding carboxylic acids is 2. The van der Waals surface area contributed by atoms with E-state index < -0.39 is 16.8 Å². The van der Waals surface area contributed by atoms with Crippen molar-refractivity contribution in [3.05, 3.63) is 69.8 Å². The van der Waals surface area contributed by atoms with Gasteiger partial charge in [-0.2, -0.15) is 5.10 Å². The number of methoxy groups -OCH3 is 1. The maximum absolute atomic E-state index is 12.0. The van der Waals surface area contributed by atoms with Crippen LogP contribution in [0.15, 0.2) is 53.6 Å². The SMILES string of the molecule is COC(=O)COc1ccccc1/C=N/NC(=O)Cc1ccccc1[N+](=O)[O-]. The lowest BCUT2D eigenvalue weighted by molar-refractivity contribution is -0.385. The highest BCUT2D eigenvalue weighted by atomic mass is 16.6. The van der Waals surface area contributed by atoms with Gasteiger partial charge in [-0.1, -0.05) is 30.3 Å². The Morgan fingerprint density at radius 2 is 1.89 bits per heavy atom. The molecule has 0 spiro atoms. The highest BCUT2D eigenvalue weighted by Crippen LogP contribution is 2.18. The lowest BCUT2D eigenvalue weighted by Gasteiger charge is -2.07. The second-order valence-corrected chi connectivity index (χ2v) is 5.26. The summed E-state index contributed by atoms with van der Waals surface area (Å²) < 4.78 is 9.84. The third-order valence-corrected chi connectivity index (χ3v) is 3.42. The number of hydrogen-bond donors (Lipinski definition) is 1. The number of benzene rings is 2. The highest BCUT2D eigenvalue weighted by molar-refractivity contribution is 5.86. The molecule has 2 aromatic carbocycles. The summed E-state index contributed by atoms with van der Waals surface area (Å²) in [7, 11) is 1.26. The summed E-state index contributed by atoms with van der Waals surface area (Å²) in [5, 5.41) is 14.8. The Morgan fingerprint density at radius 1 is 1.19 bits per heavy atom. The fraction of sp³-hybridized carbons (Fsp3) is 0.167. The predicted molar refractivity (Wildman–Crippen MR) is 96.5 cm³/mol. The fourth-order valence-electron chi connectivity index (χ4n) is 2.14. The molecule has 140 valence electrons. The summed E-state index contributed by atoms with van der Waals surface area (Å²) in [6, 6.07) is 12.8. The Hall–Kier alpha value is -3.75. The lowest BCUT2D eigenvalue weighted by Crippen LogP contribution is -2.20. The van der Waals surface area contributed by atoms with Crippen molar-refractivity contribution < 1.29 is 24.0 Å².